The Hall–Kier alpha value is -1.07. The van der Waals surface area contributed by atoms with E-state index in [4.69, 9.17) is 5.73 Å². The largest absolute Gasteiger partial charge is 0.401 e. The van der Waals surface area contributed by atoms with Crippen molar-refractivity contribution < 1.29 is 13.2 Å². The second-order valence-corrected chi connectivity index (χ2v) is 5.74. The Morgan fingerprint density at radius 1 is 1.14 bits per heavy atom. The summed E-state index contributed by atoms with van der Waals surface area (Å²) in [6.07, 6.45) is -2.13. The van der Waals surface area contributed by atoms with Gasteiger partial charge in [-0.3, -0.25) is 4.90 Å². The van der Waals surface area contributed by atoms with Gasteiger partial charge >= 0.3 is 6.18 Å². The lowest BCUT2D eigenvalue weighted by molar-refractivity contribution is -0.150. The highest BCUT2D eigenvalue weighted by atomic mass is 19.4. The Bertz CT molecular complexity index is 413. The third-order valence-corrected chi connectivity index (χ3v) is 3.49. The molecule has 0 aromatic heterocycles. The molecule has 1 aromatic rings. The van der Waals surface area contributed by atoms with Crippen LogP contribution in [-0.4, -0.2) is 30.2 Å². The van der Waals surface area contributed by atoms with Gasteiger partial charge in [-0.05, 0) is 31.4 Å². The van der Waals surface area contributed by atoms with Gasteiger partial charge in [0.25, 0.3) is 0 Å². The van der Waals surface area contributed by atoms with Gasteiger partial charge in [-0.25, -0.2) is 0 Å². The van der Waals surface area contributed by atoms with Crippen molar-refractivity contribution in [2.24, 2.45) is 5.73 Å². The third-order valence-electron chi connectivity index (χ3n) is 3.49. The highest BCUT2D eigenvalue weighted by Gasteiger charge is 2.32. The minimum Gasteiger partial charge on any atom is -0.323 e. The molecule has 0 saturated carbocycles. The van der Waals surface area contributed by atoms with Crippen LogP contribution in [0.1, 0.15) is 44.4 Å². The minimum absolute atomic E-state index is 0.197. The SMILES string of the molecule is CCCc1ccc(C(N)CN(CC(F)(F)F)C(C)C)cc1. The molecule has 120 valence electrons. The molecule has 2 nitrogen and oxygen atoms in total. The molecule has 0 spiro atoms. The normalized spacial score (nSPS) is 14.0. The fraction of sp³-hybridized carbons (Fsp3) is 0.625. The molecule has 0 aliphatic carbocycles. The summed E-state index contributed by atoms with van der Waals surface area (Å²) >= 11 is 0. The maximum absolute atomic E-state index is 12.6. The Labute approximate surface area is 125 Å². The molecule has 1 unspecified atom stereocenters. The molecule has 1 rings (SSSR count). The molecule has 0 saturated heterocycles. The van der Waals surface area contributed by atoms with Crippen LogP contribution in [-0.2, 0) is 6.42 Å². The molecule has 0 radical (unpaired) electrons. The van der Waals surface area contributed by atoms with Crippen molar-refractivity contribution in [2.75, 3.05) is 13.1 Å². The van der Waals surface area contributed by atoms with Gasteiger partial charge in [0.1, 0.15) is 0 Å². The molecule has 0 heterocycles. The summed E-state index contributed by atoms with van der Waals surface area (Å²) < 4.78 is 37.7. The quantitative estimate of drug-likeness (QED) is 0.827. The first-order valence-corrected chi connectivity index (χ1v) is 7.38. The fourth-order valence-corrected chi connectivity index (χ4v) is 2.27. The van der Waals surface area contributed by atoms with Gasteiger partial charge in [-0.15, -0.1) is 0 Å². The van der Waals surface area contributed by atoms with Gasteiger partial charge in [0, 0.05) is 18.6 Å². The van der Waals surface area contributed by atoms with Gasteiger partial charge in [0.05, 0.1) is 6.54 Å². The van der Waals surface area contributed by atoms with E-state index in [9.17, 15) is 13.2 Å². The third kappa shape index (κ3) is 6.48. The van der Waals surface area contributed by atoms with Crippen molar-refractivity contribution in [3.8, 4) is 0 Å². The number of rotatable bonds is 7. The van der Waals surface area contributed by atoms with Crippen LogP contribution in [0.4, 0.5) is 13.2 Å². The lowest BCUT2D eigenvalue weighted by atomic mass is 10.0. The zero-order valence-electron chi connectivity index (χ0n) is 13.0. The monoisotopic (exact) mass is 302 g/mol. The van der Waals surface area contributed by atoms with Crippen LogP contribution >= 0.6 is 0 Å². The number of nitrogens with two attached hydrogens (primary N) is 1. The Kier molecular flexibility index (Phi) is 6.68. The summed E-state index contributed by atoms with van der Waals surface area (Å²) in [6, 6.07) is 7.23. The number of nitrogens with zero attached hydrogens (tertiary/aromatic N) is 1. The molecule has 1 atom stereocenters. The van der Waals surface area contributed by atoms with Gasteiger partial charge in [-0.1, -0.05) is 37.6 Å². The van der Waals surface area contributed by atoms with Crippen LogP contribution in [0.15, 0.2) is 24.3 Å². The number of benzene rings is 1. The molecule has 1 aromatic carbocycles. The van der Waals surface area contributed by atoms with Crippen molar-refractivity contribution >= 4 is 0 Å². The van der Waals surface area contributed by atoms with Gasteiger partial charge < -0.3 is 5.73 Å². The fourth-order valence-electron chi connectivity index (χ4n) is 2.27. The maximum atomic E-state index is 12.6. The van der Waals surface area contributed by atoms with E-state index in [1.165, 1.54) is 10.5 Å². The van der Waals surface area contributed by atoms with E-state index < -0.39 is 18.8 Å². The van der Waals surface area contributed by atoms with E-state index in [0.29, 0.717) is 0 Å². The van der Waals surface area contributed by atoms with Crippen molar-refractivity contribution in [2.45, 2.75) is 51.9 Å². The first-order chi connectivity index (χ1) is 9.73. The summed E-state index contributed by atoms with van der Waals surface area (Å²) in [5, 5.41) is 0. The van der Waals surface area contributed by atoms with Gasteiger partial charge in [0.2, 0.25) is 0 Å². The number of halogens is 3. The molecule has 0 fully saturated rings. The Morgan fingerprint density at radius 3 is 2.14 bits per heavy atom. The number of alkyl halides is 3. The van der Waals surface area contributed by atoms with Crippen molar-refractivity contribution in [3.05, 3.63) is 35.4 Å². The summed E-state index contributed by atoms with van der Waals surface area (Å²) in [4.78, 5) is 1.37. The summed E-state index contributed by atoms with van der Waals surface area (Å²) in [7, 11) is 0. The topological polar surface area (TPSA) is 29.3 Å². The Balaban J connectivity index is 2.70. The molecular weight excluding hydrogens is 277 g/mol. The van der Waals surface area contributed by atoms with Crippen LogP contribution in [0.2, 0.25) is 0 Å². The lowest BCUT2D eigenvalue weighted by Gasteiger charge is -2.30. The van der Waals surface area contributed by atoms with Crippen molar-refractivity contribution in [1.82, 2.24) is 4.90 Å². The number of hydrogen-bond acceptors (Lipinski definition) is 2. The maximum Gasteiger partial charge on any atom is 0.401 e. The van der Waals surface area contributed by atoms with E-state index >= 15 is 0 Å². The van der Waals surface area contributed by atoms with Crippen LogP contribution in [0, 0.1) is 0 Å². The van der Waals surface area contributed by atoms with Crippen LogP contribution < -0.4 is 5.73 Å². The van der Waals surface area contributed by atoms with Gasteiger partial charge in [-0.2, -0.15) is 13.2 Å². The molecule has 2 N–H and O–H groups in total. The standard InChI is InChI=1S/C16H25F3N2/c1-4-5-13-6-8-14(9-7-13)15(20)10-21(12(2)3)11-16(17,18)19/h6-9,12,15H,4-5,10-11,20H2,1-3H3. The molecule has 0 bridgehead atoms. The van der Waals surface area contributed by atoms with E-state index in [1.54, 1.807) is 13.8 Å². The molecule has 0 aliphatic heterocycles. The first kappa shape index (κ1) is 18.0. The predicted octanol–water partition coefficient (Wildman–Crippen LogP) is 3.91. The first-order valence-electron chi connectivity index (χ1n) is 7.38. The lowest BCUT2D eigenvalue weighted by Crippen LogP contribution is -2.42. The highest BCUT2D eigenvalue weighted by Crippen LogP contribution is 2.21. The second-order valence-electron chi connectivity index (χ2n) is 5.74. The zero-order chi connectivity index (χ0) is 16.0. The predicted molar refractivity (Wildman–Crippen MR) is 80.1 cm³/mol. The van der Waals surface area contributed by atoms with E-state index in [0.717, 1.165) is 18.4 Å². The number of hydrogen-bond donors (Lipinski definition) is 1. The van der Waals surface area contributed by atoms with Crippen molar-refractivity contribution in [3.63, 3.8) is 0 Å². The summed E-state index contributed by atoms with van der Waals surface area (Å²) in [6.45, 7) is 4.89. The molecule has 0 amide bonds. The van der Waals surface area contributed by atoms with Crippen LogP contribution in [0.3, 0.4) is 0 Å². The summed E-state index contributed by atoms with van der Waals surface area (Å²) in [5.74, 6) is 0. The summed E-state index contributed by atoms with van der Waals surface area (Å²) in [5.41, 5.74) is 8.17. The average Bonchev–Trinajstić information content (AvgIpc) is 2.37. The second kappa shape index (κ2) is 7.80. The van der Waals surface area contributed by atoms with E-state index in [-0.39, 0.29) is 12.6 Å². The Morgan fingerprint density at radius 2 is 1.71 bits per heavy atom. The molecule has 21 heavy (non-hydrogen) atoms. The zero-order valence-corrected chi connectivity index (χ0v) is 13.0. The minimum atomic E-state index is -4.20. The molecular formula is C16H25F3N2. The molecule has 0 aliphatic rings. The smallest absolute Gasteiger partial charge is 0.323 e. The number of aryl methyl sites for hydroxylation is 1. The van der Waals surface area contributed by atoms with Crippen LogP contribution in [0.5, 0.6) is 0 Å². The highest BCUT2D eigenvalue weighted by molar-refractivity contribution is 5.25. The average molecular weight is 302 g/mol. The van der Waals surface area contributed by atoms with Crippen molar-refractivity contribution in [1.29, 1.82) is 0 Å². The van der Waals surface area contributed by atoms with E-state index in [2.05, 4.69) is 6.92 Å². The molecule has 5 heteroatoms. The van der Waals surface area contributed by atoms with E-state index in [1.807, 2.05) is 24.3 Å². The van der Waals surface area contributed by atoms with Gasteiger partial charge in [0.15, 0.2) is 0 Å². The van der Waals surface area contributed by atoms with Crippen LogP contribution in [0.25, 0.3) is 0 Å².